The van der Waals surface area contributed by atoms with Crippen LogP contribution in [0.5, 0.6) is 11.5 Å². The minimum Gasteiger partial charge on any atom is -0.497 e. The van der Waals surface area contributed by atoms with Crippen molar-refractivity contribution < 1.29 is 18.8 Å². The predicted octanol–water partition coefficient (Wildman–Crippen LogP) is 2.35. The number of nitrogens with one attached hydrogen (secondary N) is 1. The van der Waals surface area contributed by atoms with Crippen molar-refractivity contribution in [1.82, 2.24) is 0 Å². The van der Waals surface area contributed by atoms with Crippen LogP contribution in [0.2, 0.25) is 0 Å². The zero-order valence-corrected chi connectivity index (χ0v) is 15.2. The summed E-state index contributed by atoms with van der Waals surface area (Å²) in [7, 11) is 1.67. The van der Waals surface area contributed by atoms with Crippen LogP contribution in [0.25, 0.3) is 11.0 Å². The van der Waals surface area contributed by atoms with Gasteiger partial charge in [0, 0.05) is 16.5 Å². The molecule has 1 unspecified atom stereocenters. The summed E-state index contributed by atoms with van der Waals surface area (Å²) in [6, 6.07) is 12.0. The fourth-order valence-corrected chi connectivity index (χ4v) is 3.51. The second-order valence-corrected chi connectivity index (χ2v) is 6.80. The Bertz CT molecular complexity index is 1040. The van der Waals surface area contributed by atoms with E-state index in [-0.39, 0.29) is 5.63 Å². The normalized spacial score (nSPS) is 16.2. The van der Waals surface area contributed by atoms with Crippen LogP contribution in [0.3, 0.4) is 0 Å². The third-order valence-corrected chi connectivity index (χ3v) is 5.13. The molecule has 3 aromatic rings. The Hall–Kier alpha value is -2.79. The third-order valence-electron chi connectivity index (χ3n) is 5.13. The molecule has 1 aliphatic heterocycles. The van der Waals surface area contributed by atoms with Crippen LogP contribution >= 0.6 is 0 Å². The highest BCUT2D eigenvalue weighted by Crippen LogP contribution is 2.30. The van der Waals surface area contributed by atoms with Crippen LogP contribution in [0.15, 0.2) is 45.6 Å². The van der Waals surface area contributed by atoms with Gasteiger partial charge in [0.2, 0.25) is 6.73 Å². The minimum absolute atomic E-state index is 0.275. The monoisotopic (exact) mass is 352 g/mol. The summed E-state index contributed by atoms with van der Waals surface area (Å²) in [6.07, 6.45) is 0. The highest BCUT2D eigenvalue weighted by Gasteiger charge is 2.25. The van der Waals surface area contributed by atoms with Crippen LogP contribution in [-0.4, -0.2) is 13.8 Å². The number of fused-ring (bicyclic) bond motifs is 3. The van der Waals surface area contributed by atoms with Gasteiger partial charge in [-0.05, 0) is 43.7 Å². The quantitative estimate of drug-likeness (QED) is 0.735. The first-order valence-electron chi connectivity index (χ1n) is 8.72. The summed E-state index contributed by atoms with van der Waals surface area (Å²) in [5.41, 5.74) is 4.16. The van der Waals surface area contributed by atoms with E-state index in [1.165, 1.54) is 10.5 Å². The molecule has 0 fully saturated rings. The zero-order chi connectivity index (χ0) is 18.3. The molecule has 1 N–H and O–H groups in total. The van der Waals surface area contributed by atoms with Crippen molar-refractivity contribution in [3.63, 3.8) is 0 Å². The molecule has 0 radical (unpaired) electrons. The summed E-state index contributed by atoms with van der Waals surface area (Å²) in [4.78, 5) is 13.4. The van der Waals surface area contributed by atoms with E-state index in [2.05, 4.69) is 6.07 Å². The van der Waals surface area contributed by atoms with E-state index in [1.807, 2.05) is 37.3 Å². The number of rotatable bonds is 3. The lowest BCUT2D eigenvalue weighted by Gasteiger charge is -2.26. The van der Waals surface area contributed by atoms with Gasteiger partial charge in [-0.25, -0.2) is 4.79 Å². The van der Waals surface area contributed by atoms with Crippen LogP contribution in [-0.2, 0) is 13.1 Å². The Labute approximate surface area is 151 Å². The largest absolute Gasteiger partial charge is 0.497 e. The van der Waals surface area contributed by atoms with Gasteiger partial charge in [-0.15, -0.1) is 0 Å². The van der Waals surface area contributed by atoms with Crippen molar-refractivity contribution in [3.05, 3.63) is 69.1 Å². The zero-order valence-electron chi connectivity index (χ0n) is 15.2. The molecule has 0 amide bonds. The number of methoxy groups -OCH3 is 1. The Morgan fingerprint density at radius 1 is 1.15 bits per heavy atom. The minimum atomic E-state index is -0.275. The van der Waals surface area contributed by atoms with E-state index in [1.54, 1.807) is 14.0 Å². The second-order valence-electron chi connectivity index (χ2n) is 6.80. The number of benzene rings is 2. The average molecular weight is 352 g/mol. The Balaban J connectivity index is 1.70. The van der Waals surface area contributed by atoms with Crippen molar-refractivity contribution in [3.8, 4) is 11.5 Å². The maximum Gasteiger partial charge on any atom is 0.339 e. The summed E-state index contributed by atoms with van der Waals surface area (Å²) in [6.45, 7) is 5.89. The van der Waals surface area contributed by atoms with Gasteiger partial charge in [-0.3, -0.25) is 4.90 Å². The lowest BCUT2D eigenvalue weighted by molar-refractivity contribution is -0.945. The van der Waals surface area contributed by atoms with E-state index >= 15 is 0 Å². The van der Waals surface area contributed by atoms with Gasteiger partial charge in [-0.1, -0.05) is 12.1 Å². The van der Waals surface area contributed by atoms with Gasteiger partial charge < -0.3 is 13.9 Å². The first-order chi connectivity index (χ1) is 12.6. The Kier molecular flexibility index (Phi) is 4.17. The van der Waals surface area contributed by atoms with Gasteiger partial charge in [0.15, 0.2) is 5.58 Å². The highest BCUT2D eigenvalue weighted by atomic mass is 16.5. The van der Waals surface area contributed by atoms with E-state index in [4.69, 9.17) is 13.9 Å². The molecular weight excluding hydrogens is 330 g/mol. The summed E-state index contributed by atoms with van der Waals surface area (Å²) >= 11 is 0. The molecular formula is C21H22NO4+. The molecule has 1 atom stereocenters. The van der Waals surface area contributed by atoms with E-state index in [9.17, 15) is 4.79 Å². The molecule has 0 saturated carbocycles. The number of ether oxygens (including phenoxy) is 2. The number of aryl methyl sites for hydroxylation is 1. The fourth-order valence-electron chi connectivity index (χ4n) is 3.51. The summed E-state index contributed by atoms with van der Waals surface area (Å²) < 4.78 is 16.9. The molecule has 5 heteroatoms. The topological polar surface area (TPSA) is 53.1 Å². The van der Waals surface area contributed by atoms with E-state index < -0.39 is 0 Å². The van der Waals surface area contributed by atoms with Crippen molar-refractivity contribution in [2.45, 2.75) is 26.9 Å². The number of hydrogen-bond donors (Lipinski definition) is 1. The highest BCUT2D eigenvalue weighted by molar-refractivity contribution is 5.85. The first kappa shape index (κ1) is 16.7. The van der Waals surface area contributed by atoms with Crippen molar-refractivity contribution in [1.29, 1.82) is 0 Å². The molecule has 4 rings (SSSR count). The van der Waals surface area contributed by atoms with Crippen molar-refractivity contribution in [2.75, 3.05) is 13.8 Å². The lowest BCUT2D eigenvalue weighted by atomic mass is 10.0. The summed E-state index contributed by atoms with van der Waals surface area (Å²) in [5.74, 6) is 1.65. The molecule has 0 saturated heterocycles. The van der Waals surface area contributed by atoms with Crippen LogP contribution < -0.4 is 20.0 Å². The standard InChI is InChI=1S/C21H21NO4/c1-13-14(2)21(23)26-20-17(13)7-8-19-18(20)11-22(12-25-19)10-15-5-4-6-16(9-15)24-3/h4-9H,10-12H2,1-3H3/p+1. The van der Waals surface area contributed by atoms with Crippen LogP contribution in [0.4, 0.5) is 0 Å². The molecule has 1 aromatic heterocycles. The Morgan fingerprint density at radius 3 is 2.81 bits per heavy atom. The number of hydrogen-bond acceptors (Lipinski definition) is 4. The molecule has 5 nitrogen and oxygen atoms in total. The van der Waals surface area contributed by atoms with Crippen molar-refractivity contribution >= 4 is 11.0 Å². The van der Waals surface area contributed by atoms with Crippen LogP contribution in [0, 0.1) is 13.8 Å². The lowest BCUT2D eigenvalue weighted by Crippen LogP contribution is -3.10. The van der Waals surface area contributed by atoms with Crippen molar-refractivity contribution in [2.24, 2.45) is 0 Å². The molecule has 0 aliphatic carbocycles. The molecule has 2 heterocycles. The smallest absolute Gasteiger partial charge is 0.339 e. The maximum atomic E-state index is 12.2. The number of quaternary nitrogens is 1. The molecule has 2 aromatic carbocycles. The fraction of sp³-hybridized carbons (Fsp3) is 0.286. The third kappa shape index (κ3) is 2.84. The first-order valence-corrected chi connectivity index (χ1v) is 8.72. The van der Waals surface area contributed by atoms with Gasteiger partial charge in [0.25, 0.3) is 0 Å². The molecule has 26 heavy (non-hydrogen) atoms. The second kappa shape index (κ2) is 6.50. The SMILES string of the molecule is COc1cccc(C[NH+]2COc3ccc4c(C)c(C)c(=O)oc4c3C2)c1. The summed E-state index contributed by atoms with van der Waals surface area (Å²) in [5, 5.41) is 0.979. The Morgan fingerprint density at radius 2 is 2.00 bits per heavy atom. The maximum absolute atomic E-state index is 12.2. The average Bonchev–Trinajstić information content (AvgIpc) is 2.66. The molecule has 0 bridgehead atoms. The molecule has 0 spiro atoms. The van der Waals surface area contributed by atoms with Gasteiger partial charge in [0.05, 0.1) is 12.7 Å². The predicted molar refractivity (Wildman–Crippen MR) is 98.8 cm³/mol. The van der Waals surface area contributed by atoms with E-state index in [0.717, 1.165) is 41.1 Å². The van der Waals surface area contributed by atoms with Crippen LogP contribution in [0.1, 0.15) is 22.3 Å². The van der Waals surface area contributed by atoms with E-state index in [0.29, 0.717) is 17.9 Å². The van der Waals surface area contributed by atoms with Gasteiger partial charge in [-0.2, -0.15) is 0 Å². The molecule has 134 valence electrons. The van der Waals surface area contributed by atoms with Gasteiger partial charge >= 0.3 is 5.63 Å². The van der Waals surface area contributed by atoms with Gasteiger partial charge in [0.1, 0.15) is 24.6 Å². The molecule has 1 aliphatic rings.